The number of nitrogens with zero attached hydrogens (tertiary/aromatic N) is 2. The van der Waals surface area contributed by atoms with Crippen molar-refractivity contribution in [3.05, 3.63) is 35.0 Å². The second-order valence-electron chi connectivity index (χ2n) is 7.98. The first kappa shape index (κ1) is 21.9. The fourth-order valence-electron chi connectivity index (χ4n) is 4.39. The van der Waals surface area contributed by atoms with E-state index in [0.717, 1.165) is 12.8 Å². The summed E-state index contributed by atoms with van der Waals surface area (Å²) in [4.78, 5) is 41.3. The number of hydrogen-bond acceptors (Lipinski definition) is 6. The molecule has 3 aliphatic heterocycles. The van der Waals surface area contributed by atoms with E-state index in [1.807, 2.05) is 0 Å². The van der Waals surface area contributed by atoms with Crippen LogP contribution in [0.2, 0.25) is 0 Å². The topological polar surface area (TPSA) is 109 Å². The summed E-state index contributed by atoms with van der Waals surface area (Å²) in [7, 11) is 4.64. The molecule has 3 heterocycles. The lowest BCUT2D eigenvalue weighted by Gasteiger charge is -2.31. The van der Waals surface area contributed by atoms with Crippen molar-refractivity contribution >= 4 is 17.8 Å². The first-order chi connectivity index (χ1) is 15.4. The van der Waals surface area contributed by atoms with E-state index in [4.69, 9.17) is 14.2 Å². The Balaban J connectivity index is 1.55. The summed E-state index contributed by atoms with van der Waals surface area (Å²) in [6.45, 7) is 1.22. The number of carbonyl (C=O) groups excluding carboxylic acids is 3. The number of para-hydroxylation sites is 1. The molecule has 0 spiro atoms. The van der Waals surface area contributed by atoms with E-state index in [2.05, 4.69) is 10.6 Å². The second kappa shape index (κ2) is 9.07. The molecule has 1 aromatic rings. The Morgan fingerprint density at radius 1 is 1.28 bits per heavy atom. The molecule has 2 unspecified atom stereocenters. The number of hydrogen-bond donors (Lipinski definition) is 2. The van der Waals surface area contributed by atoms with E-state index in [-0.39, 0.29) is 37.0 Å². The summed E-state index contributed by atoms with van der Waals surface area (Å²) in [5.41, 5.74) is 1.60. The number of rotatable bonds is 7. The zero-order valence-corrected chi connectivity index (χ0v) is 18.5. The Kier molecular flexibility index (Phi) is 6.22. The fourth-order valence-corrected chi connectivity index (χ4v) is 4.39. The highest BCUT2D eigenvalue weighted by molar-refractivity contribution is 6.03. The van der Waals surface area contributed by atoms with Gasteiger partial charge in [-0.1, -0.05) is 12.1 Å². The van der Waals surface area contributed by atoms with Crippen LogP contribution < -0.4 is 20.1 Å². The van der Waals surface area contributed by atoms with Crippen LogP contribution in [-0.2, 0) is 14.3 Å². The molecule has 0 bridgehead atoms. The summed E-state index contributed by atoms with van der Waals surface area (Å²) >= 11 is 0. The maximum absolute atomic E-state index is 13.3. The van der Waals surface area contributed by atoms with E-state index in [1.165, 1.54) is 24.0 Å². The number of ether oxygens (including phenoxy) is 3. The van der Waals surface area contributed by atoms with Crippen molar-refractivity contribution in [2.24, 2.45) is 0 Å². The van der Waals surface area contributed by atoms with Crippen molar-refractivity contribution in [2.75, 3.05) is 47.5 Å². The number of nitrogens with one attached hydrogen (secondary N) is 2. The quantitative estimate of drug-likeness (QED) is 0.644. The number of methoxy groups -OCH3 is 2. The minimum atomic E-state index is -0.716. The van der Waals surface area contributed by atoms with Crippen LogP contribution in [0.1, 0.15) is 24.4 Å². The molecule has 10 heteroatoms. The first-order valence-corrected chi connectivity index (χ1v) is 10.6. The van der Waals surface area contributed by atoms with Gasteiger partial charge in [-0.3, -0.25) is 14.5 Å². The Morgan fingerprint density at radius 2 is 2.09 bits per heavy atom. The van der Waals surface area contributed by atoms with Crippen LogP contribution in [0, 0.1) is 0 Å². The van der Waals surface area contributed by atoms with Crippen LogP contribution in [-0.4, -0.2) is 81.3 Å². The van der Waals surface area contributed by atoms with Crippen molar-refractivity contribution in [2.45, 2.75) is 25.0 Å². The van der Waals surface area contributed by atoms with Crippen molar-refractivity contribution in [1.82, 2.24) is 20.4 Å². The monoisotopic (exact) mass is 444 g/mol. The van der Waals surface area contributed by atoms with Gasteiger partial charge in [0.2, 0.25) is 5.91 Å². The predicted molar refractivity (Wildman–Crippen MR) is 114 cm³/mol. The standard InChI is InChI=1S/C22H28N4O6/c1-25-15-11-26(12-17(27)23-10-13-6-5-9-32-13)21(28)18(15)19(24-22(25)29)14-7-4-8-16(30-2)20(14)31-3/h4,7-8,13,19H,5-6,9-12H2,1-3H3,(H,23,27)(H,24,29). The molecule has 2 N–H and O–H groups in total. The molecule has 0 radical (unpaired) electrons. The molecule has 2 atom stereocenters. The van der Waals surface area contributed by atoms with E-state index in [0.29, 0.717) is 41.5 Å². The molecular formula is C22H28N4O6. The molecule has 0 saturated carbocycles. The minimum absolute atomic E-state index is 0.0254. The molecule has 1 aromatic carbocycles. The van der Waals surface area contributed by atoms with Crippen LogP contribution in [0.3, 0.4) is 0 Å². The first-order valence-electron chi connectivity index (χ1n) is 10.6. The number of amides is 4. The molecule has 10 nitrogen and oxygen atoms in total. The maximum atomic E-state index is 13.3. The number of likely N-dealkylation sites (N-methyl/N-ethyl adjacent to an activating group) is 1. The van der Waals surface area contributed by atoms with Crippen LogP contribution in [0.5, 0.6) is 11.5 Å². The van der Waals surface area contributed by atoms with Crippen molar-refractivity contribution in [1.29, 1.82) is 0 Å². The normalized spacial score (nSPS) is 22.7. The molecule has 0 aliphatic carbocycles. The largest absolute Gasteiger partial charge is 0.493 e. The van der Waals surface area contributed by atoms with Gasteiger partial charge in [-0.15, -0.1) is 0 Å². The molecule has 4 rings (SSSR count). The third kappa shape index (κ3) is 3.97. The Bertz CT molecular complexity index is 956. The van der Waals surface area contributed by atoms with Gasteiger partial charge in [0.25, 0.3) is 5.91 Å². The Morgan fingerprint density at radius 3 is 2.78 bits per heavy atom. The van der Waals surface area contributed by atoms with E-state index in [9.17, 15) is 14.4 Å². The number of benzene rings is 1. The lowest BCUT2D eigenvalue weighted by Crippen LogP contribution is -2.45. The molecular weight excluding hydrogens is 416 g/mol. The highest BCUT2D eigenvalue weighted by Crippen LogP contribution is 2.42. The molecule has 4 amide bonds. The van der Waals surface area contributed by atoms with Gasteiger partial charge in [0.05, 0.1) is 44.2 Å². The van der Waals surface area contributed by atoms with Gasteiger partial charge in [0.15, 0.2) is 11.5 Å². The third-order valence-electron chi connectivity index (χ3n) is 6.06. The molecule has 0 aromatic heterocycles. The molecule has 32 heavy (non-hydrogen) atoms. The summed E-state index contributed by atoms with van der Waals surface area (Å²) in [6, 6.07) is 4.25. The smallest absolute Gasteiger partial charge is 0.322 e. The van der Waals surface area contributed by atoms with Crippen molar-refractivity contribution < 1.29 is 28.6 Å². The molecule has 1 saturated heterocycles. The predicted octanol–water partition coefficient (Wildman–Crippen LogP) is 0.791. The van der Waals surface area contributed by atoms with E-state index >= 15 is 0 Å². The third-order valence-corrected chi connectivity index (χ3v) is 6.06. The van der Waals surface area contributed by atoms with Crippen molar-refractivity contribution in [3.63, 3.8) is 0 Å². The van der Waals surface area contributed by atoms with Crippen LogP contribution in [0.15, 0.2) is 29.5 Å². The average Bonchev–Trinajstić information content (AvgIpc) is 3.43. The van der Waals surface area contributed by atoms with Gasteiger partial charge >= 0.3 is 6.03 Å². The molecule has 172 valence electrons. The van der Waals surface area contributed by atoms with Gasteiger partial charge in [0, 0.05) is 25.8 Å². The van der Waals surface area contributed by atoms with E-state index in [1.54, 1.807) is 25.2 Å². The van der Waals surface area contributed by atoms with Crippen LogP contribution in [0.4, 0.5) is 4.79 Å². The van der Waals surface area contributed by atoms with Crippen LogP contribution >= 0.6 is 0 Å². The lowest BCUT2D eigenvalue weighted by atomic mass is 9.94. The Labute approximate surface area is 186 Å². The van der Waals surface area contributed by atoms with Gasteiger partial charge < -0.3 is 29.7 Å². The zero-order chi connectivity index (χ0) is 22.8. The maximum Gasteiger partial charge on any atom is 0.322 e. The van der Waals surface area contributed by atoms with Gasteiger partial charge in [-0.25, -0.2) is 4.79 Å². The summed E-state index contributed by atoms with van der Waals surface area (Å²) < 4.78 is 16.4. The number of urea groups is 1. The van der Waals surface area contributed by atoms with Crippen LogP contribution in [0.25, 0.3) is 0 Å². The highest BCUT2D eigenvalue weighted by Gasteiger charge is 2.44. The fraction of sp³-hybridized carbons (Fsp3) is 0.500. The highest BCUT2D eigenvalue weighted by atomic mass is 16.5. The van der Waals surface area contributed by atoms with Gasteiger partial charge in [-0.05, 0) is 18.9 Å². The summed E-state index contributed by atoms with van der Waals surface area (Å²) in [5, 5.41) is 5.72. The van der Waals surface area contributed by atoms with E-state index < -0.39 is 6.04 Å². The Hall–Kier alpha value is -3.27. The van der Waals surface area contributed by atoms with Gasteiger partial charge in [0.1, 0.15) is 6.54 Å². The number of carbonyl (C=O) groups is 3. The SMILES string of the molecule is COc1cccc(C2NC(=O)N(C)C3=C2C(=O)N(CC(=O)NCC2CCCO2)C3)c1OC. The average molecular weight is 444 g/mol. The molecule has 3 aliphatic rings. The lowest BCUT2D eigenvalue weighted by molar-refractivity contribution is -0.132. The molecule has 1 fully saturated rings. The summed E-state index contributed by atoms with van der Waals surface area (Å²) in [5.74, 6) is 0.383. The van der Waals surface area contributed by atoms with Crippen molar-refractivity contribution in [3.8, 4) is 11.5 Å². The van der Waals surface area contributed by atoms with Gasteiger partial charge in [-0.2, -0.15) is 0 Å². The second-order valence-corrected chi connectivity index (χ2v) is 7.98. The summed E-state index contributed by atoms with van der Waals surface area (Å²) in [6.07, 6.45) is 1.93. The zero-order valence-electron chi connectivity index (χ0n) is 18.5. The minimum Gasteiger partial charge on any atom is -0.493 e.